The van der Waals surface area contributed by atoms with Gasteiger partial charge in [-0.3, -0.25) is 10.1 Å². The molecule has 1 aromatic heterocycles. The van der Waals surface area contributed by atoms with Crippen LogP contribution in [0.15, 0.2) is 41.8 Å². The summed E-state index contributed by atoms with van der Waals surface area (Å²) in [5.74, 6) is 0.864. The first kappa shape index (κ1) is 17.4. The molecule has 7 heteroatoms. The Labute approximate surface area is 161 Å². The van der Waals surface area contributed by atoms with E-state index in [1.54, 1.807) is 32.4 Å². The van der Waals surface area contributed by atoms with Crippen LogP contribution in [0.3, 0.4) is 0 Å². The lowest BCUT2D eigenvalue weighted by Gasteiger charge is -2.08. The largest absolute Gasteiger partial charge is 0.497 e. The maximum Gasteiger partial charge on any atom is 0.257 e. The van der Waals surface area contributed by atoms with Crippen molar-refractivity contribution in [3.63, 3.8) is 0 Å². The second-order valence-electron chi connectivity index (χ2n) is 6.14. The number of anilines is 2. The van der Waals surface area contributed by atoms with Gasteiger partial charge in [-0.05, 0) is 36.2 Å². The third-order valence-electron chi connectivity index (χ3n) is 4.45. The number of hydrogen-bond acceptors (Lipinski definition) is 6. The zero-order chi connectivity index (χ0) is 18.8. The van der Waals surface area contributed by atoms with Gasteiger partial charge >= 0.3 is 0 Å². The van der Waals surface area contributed by atoms with E-state index in [2.05, 4.69) is 27.8 Å². The van der Waals surface area contributed by atoms with Gasteiger partial charge in [0.1, 0.15) is 11.5 Å². The molecule has 0 saturated carbocycles. The van der Waals surface area contributed by atoms with E-state index < -0.39 is 0 Å². The lowest BCUT2D eigenvalue weighted by Crippen LogP contribution is -2.12. The van der Waals surface area contributed by atoms with Crippen LogP contribution in [0, 0.1) is 0 Å². The molecule has 0 spiro atoms. The van der Waals surface area contributed by atoms with Crippen LogP contribution >= 0.6 is 11.3 Å². The molecule has 138 valence electrons. The van der Waals surface area contributed by atoms with Gasteiger partial charge in [-0.15, -0.1) is 11.3 Å². The normalized spacial score (nSPS) is 12.2. The minimum atomic E-state index is -0.258. The van der Waals surface area contributed by atoms with Crippen molar-refractivity contribution < 1.29 is 14.3 Å². The van der Waals surface area contributed by atoms with Gasteiger partial charge < -0.3 is 14.8 Å². The van der Waals surface area contributed by atoms with Crippen molar-refractivity contribution in [3.05, 3.63) is 52.9 Å². The minimum absolute atomic E-state index is 0.258. The predicted molar refractivity (Wildman–Crippen MR) is 107 cm³/mol. The van der Waals surface area contributed by atoms with Gasteiger partial charge in [-0.25, -0.2) is 4.98 Å². The molecule has 0 aliphatic carbocycles. The summed E-state index contributed by atoms with van der Waals surface area (Å²) in [6, 6.07) is 11.3. The number of hydrogen-bond donors (Lipinski definition) is 2. The molecule has 0 radical (unpaired) electrons. The highest BCUT2D eigenvalue weighted by Crippen LogP contribution is 2.31. The van der Waals surface area contributed by atoms with Gasteiger partial charge in [0.2, 0.25) is 0 Å². The minimum Gasteiger partial charge on any atom is -0.497 e. The topological polar surface area (TPSA) is 72.5 Å². The predicted octanol–water partition coefficient (Wildman–Crippen LogP) is 4.05. The first-order valence-corrected chi connectivity index (χ1v) is 9.41. The summed E-state index contributed by atoms with van der Waals surface area (Å²) in [4.78, 5) is 17.1. The van der Waals surface area contributed by atoms with Gasteiger partial charge in [0, 0.05) is 34.8 Å². The van der Waals surface area contributed by atoms with Gasteiger partial charge in [0.15, 0.2) is 5.13 Å². The molecule has 2 aromatic carbocycles. The van der Waals surface area contributed by atoms with Crippen LogP contribution in [0.1, 0.15) is 15.9 Å². The number of methoxy groups -OCH3 is 2. The number of benzene rings is 2. The molecule has 2 N–H and O–H groups in total. The van der Waals surface area contributed by atoms with Crippen molar-refractivity contribution in [3.8, 4) is 22.8 Å². The van der Waals surface area contributed by atoms with E-state index >= 15 is 0 Å². The molecule has 2 heterocycles. The number of nitrogens with one attached hydrogen (secondary N) is 2. The molecule has 4 rings (SSSR count). The summed E-state index contributed by atoms with van der Waals surface area (Å²) < 4.78 is 10.4. The molecule has 0 saturated heterocycles. The van der Waals surface area contributed by atoms with E-state index in [9.17, 15) is 4.79 Å². The zero-order valence-electron chi connectivity index (χ0n) is 15.0. The maximum absolute atomic E-state index is 12.6. The van der Waals surface area contributed by atoms with Crippen molar-refractivity contribution in [1.29, 1.82) is 0 Å². The molecule has 6 nitrogen and oxygen atoms in total. The molecule has 1 amide bonds. The average Bonchev–Trinajstić information content (AvgIpc) is 3.36. The van der Waals surface area contributed by atoms with Crippen LogP contribution in [0.25, 0.3) is 11.3 Å². The Hall–Kier alpha value is -3.06. The molecule has 0 atom stereocenters. The smallest absolute Gasteiger partial charge is 0.257 e. The summed E-state index contributed by atoms with van der Waals surface area (Å²) in [5.41, 5.74) is 4.85. The number of thiazole rings is 1. The van der Waals surface area contributed by atoms with Crippen LogP contribution in [0.2, 0.25) is 0 Å². The zero-order valence-corrected chi connectivity index (χ0v) is 15.9. The lowest BCUT2D eigenvalue weighted by molar-refractivity contribution is 0.102. The van der Waals surface area contributed by atoms with Crippen LogP contribution in [-0.4, -0.2) is 31.7 Å². The third-order valence-corrected chi connectivity index (χ3v) is 5.21. The highest BCUT2D eigenvalue weighted by Gasteiger charge is 2.15. The maximum atomic E-state index is 12.6. The van der Waals surface area contributed by atoms with Crippen molar-refractivity contribution in [2.24, 2.45) is 0 Å². The second kappa shape index (κ2) is 7.28. The average molecular weight is 381 g/mol. The van der Waals surface area contributed by atoms with Crippen molar-refractivity contribution >= 4 is 28.1 Å². The van der Waals surface area contributed by atoms with Crippen molar-refractivity contribution in [1.82, 2.24) is 4.98 Å². The Bertz CT molecular complexity index is 978. The number of aromatic nitrogens is 1. The number of rotatable bonds is 5. The van der Waals surface area contributed by atoms with Crippen LogP contribution in [0.5, 0.6) is 11.5 Å². The molecule has 0 unspecified atom stereocenters. The second-order valence-corrected chi connectivity index (χ2v) is 7.00. The summed E-state index contributed by atoms with van der Waals surface area (Å²) in [5, 5.41) is 8.70. The Morgan fingerprint density at radius 2 is 1.93 bits per heavy atom. The van der Waals surface area contributed by atoms with E-state index in [0.29, 0.717) is 22.2 Å². The van der Waals surface area contributed by atoms with E-state index in [0.717, 1.165) is 24.2 Å². The van der Waals surface area contributed by atoms with Gasteiger partial charge in [0.05, 0.1) is 19.9 Å². The molecular formula is C20H19N3O3S. The van der Waals surface area contributed by atoms with Crippen LogP contribution in [0.4, 0.5) is 10.8 Å². The number of nitrogens with zero attached hydrogens (tertiary/aromatic N) is 1. The SMILES string of the molecule is COc1cc(OC)cc(C(=O)Nc2nc(-c3ccc4c(c3)CCN4)cs2)c1. The fraction of sp³-hybridized carbons (Fsp3) is 0.200. The lowest BCUT2D eigenvalue weighted by atomic mass is 10.1. The number of fused-ring (bicyclic) bond motifs is 1. The first-order chi connectivity index (χ1) is 13.2. The van der Waals surface area contributed by atoms with E-state index in [1.165, 1.54) is 22.6 Å². The van der Waals surface area contributed by atoms with Gasteiger partial charge in [-0.2, -0.15) is 0 Å². The van der Waals surface area contributed by atoms with Gasteiger partial charge in [0.25, 0.3) is 5.91 Å². The molecule has 27 heavy (non-hydrogen) atoms. The summed E-state index contributed by atoms with van der Waals surface area (Å²) in [7, 11) is 3.10. The Morgan fingerprint density at radius 1 is 1.15 bits per heavy atom. The summed E-state index contributed by atoms with van der Waals surface area (Å²) in [6.07, 6.45) is 1.02. The number of carbonyl (C=O) groups excluding carboxylic acids is 1. The highest BCUT2D eigenvalue weighted by molar-refractivity contribution is 7.14. The van der Waals surface area contributed by atoms with E-state index in [1.807, 2.05) is 11.4 Å². The standard InChI is InChI=1S/C20H19N3O3S/c1-25-15-8-14(9-16(10-15)26-2)19(24)23-20-22-18(11-27-20)12-3-4-17-13(7-12)5-6-21-17/h3-4,7-11,21H,5-6H2,1-2H3,(H,22,23,24). The number of ether oxygens (including phenoxy) is 2. The molecule has 3 aromatic rings. The Balaban J connectivity index is 1.53. The van der Waals surface area contributed by atoms with E-state index in [4.69, 9.17) is 9.47 Å². The quantitative estimate of drug-likeness (QED) is 0.698. The van der Waals surface area contributed by atoms with Crippen LogP contribution < -0.4 is 20.1 Å². The van der Waals surface area contributed by atoms with Crippen molar-refractivity contribution in [2.45, 2.75) is 6.42 Å². The fourth-order valence-corrected chi connectivity index (χ4v) is 3.75. The first-order valence-electron chi connectivity index (χ1n) is 8.53. The fourth-order valence-electron chi connectivity index (χ4n) is 3.04. The summed E-state index contributed by atoms with van der Waals surface area (Å²) in [6.45, 7) is 0.973. The third kappa shape index (κ3) is 3.59. The molecule has 1 aliphatic rings. The number of amides is 1. The summed E-state index contributed by atoms with van der Waals surface area (Å²) >= 11 is 1.40. The van der Waals surface area contributed by atoms with E-state index in [-0.39, 0.29) is 5.91 Å². The molecule has 0 bridgehead atoms. The highest BCUT2D eigenvalue weighted by atomic mass is 32.1. The Morgan fingerprint density at radius 3 is 2.67 bits per heavy atom. The van der Waals surface area contributed by atoms with Crippen molar-refractivity contribution in [2.75, 3.05) is 31.4 Å². The van der Waals surface area contributed by atoms with Gasteiger partial charge in [-0.1, -0.05) is 6.07 Å². The van der Waals surface area contributed by atoms with Crippen LogP contribution in [-0.2, 0) is 6.42 Å². The monoisotopic (exact) mass is 381 g/mol. The molecule has 1 aliphatic heterocycles. The molecular weight excluding hydrogens is 362 g/mol. The Kier molecular flexibility index (Phi) is 4.68. The molecule has 0 fully saturated rings. The number of carbonyl (C=O) groups is 1.